The molecule has 1 aliphatic heterocycles. The SMILES string of the molecule is CCCCCC(C)NCC1CCCCCN1. The quantitative estimate of drug-likeness (QED) is 0.652. The van der Waals surface area contributed by atoms with Crippen molar-refractivity contribution in [1.29, 1.82) is 0 Å². The second kappa shape index (κ2) is 9.00. The van der Waals surface area contributed by atoms with E-state index in [-0.39, 0.29) is 0 Å². The van der Waals surface area contributed by atoms with Gasteiger partial charge in [-0.25, -0.2) is 0 Å². The normalized spacial score (nSPS) is 24.0. The molecule has 0 bridgehead atoms. The summed E-state index contributed by atoms with van der Waals surface area (Å²) in [5, 5.41) is 7.32. The van der Waals surface area contributed by atoms with Gasteiger partial charge in [-0.2, -0.15) is 0 Å². The Kier molecular flexibility index (Phi) is 7.87. The molecule has 1 saturated heterocycles. The molecule has 16 heavy (non-hydrogen) atoms. The predicted molar refractivity (Wildman–Crippen MR) is 71.9 cm³/mol. The molecule has 0 aromatic carbocycles. The molecule has 0 aromatic rings. The van der Waals surface area contributed by atoms with E-state index in [1.165, 1.54) is 57.9 Å². The van der Waals surface area contributed by atoms with E-state index >= 15 is 0 Å². The van der Waals surface area contributed by atoms with E-state index in [1.807, 2.05) is 0 Å². The third kappa shape index (κ3) is 6.49. The molecule has 0 aliphatic carbocycles. The van der Waals surface area contributed by atoms with Crippen LogP contribution in [0, 0.1) is 0 Å². The zero-order chi connectivity index (χ0) is 11.6. The molecule has 2 unspecified atom stereocenters. The molecule has 2 heteroatoms. The second-order valence-corrected chi connectivity index (χ2v) is 5.31. The molecule has 0 radical (unpaired) electrons. The fourth-order valence-corrected chi connectivity index (χ4v) is 2.42. The van der Waals surface area contributed by atoms with Gasteiger partial charge in [-0.3, -0.25) is 0 Å². The smallest absolute Gasteiger partial charge is 0.0192 e. The Hall–Kier alpha value is -0.0800. The molecule has 1 fully saturated rings. The molecule has 2 nitrogen and oxygen atoms in total. The zero-order valence-corrected chi connectivity index (χ0v) is 11.2. The average Bonchev–Trinajstić information content (AvgIpc) is 2.55. The lowest BCUT2D eigenvalue weighted by Crippen LogP contribution is -2.41. The van der Waals surface area contributed by atoms with E-state index in [2.05, 4.69) is 24.5 Å². The van der Waals surface area contributed by atoms with Gasteiger partial charge in [0, 0.05) is 18.6 Å². The standard InChI is InChI=1S/C14H30N2/c1-3-4-6-9-13(2)16-12-14-10-7-5-8-11-15-14/h13-16H,3-12H2,1-2H3. The van der Waals surface area contributed by atoms with Gasteiger partial charge in [0.05, 0.1) is 0 Å². The summed E-state index contributed by atoms with van der Waals surface area (Å²) in [6.45, 7) is 6.98. The first-order valence-corrected chi connectivity index (χ1v) is 7.29. The second-order valence-electron chi connectivity index (χ2n) is 5.31. The minimum atomic E-state index is 0.691. The van der Waals surface area contributed by atoms with Crippen molar-refractivity contribution in [1.82, 2.24) is 10.6 Å². The topological polar surface area (TPSA) is 24.1 Å². The highest BCUT2D eigenvalue weighted by Crippen LogP contribution is 2.08. The Morgan fingerprint density at radius 2 is 2.12 bits per heavy atom. The highest BCUT2D eigenvalue weighted by molar-refractivity contribution is 4.74. The molecule has 1 heterocycles. The Bertz CT molecular complexity index is 151. The molecule has 0 saturated carbocycles. The number of unbranched alkanes of at least 4 members (excludes halogenated alkanes) is 2. The van der Waals surface area contributed by atoms with Crippen LogP contribution in [0.2, 0.25) is 0 Å². The highest BCUT2D eigenvalue weighted by Gasteiger charge is 2.11. The van der Waals surface area contributed by atoms with Crippen molar-refractivity contribution in [2.75, 3.05) is 13.1 Å². The van der Waals surface area contributed by atoms with E-state index in [1.54, 1.807) is 0 Å². The van der Waals surface area contributed by atoms with Crippen LogP contribution in [0.4, 0.5) is 0 Å². The van der Waals surface area contributed by atoms with Crippen LogP contribution in [0.15, 0.2) is 0 Å². The Balaban J connectivity index is 2.03. The number of hydrogen-bond acceptors (Lipinski definition) is 2. The lowest BCUT2D eigenvalue weighted by molar-refractivity contribution is 0.418. The molecular weight excluding hydrogens is 196 g/mol. The average molecular weight is 226 g/mol. The number of hydrogen-bond donors (Lipinski definition) is 2. The van der Waals surface area contributed by atoms with E-state index in [0.717, 1.165) is 12.6 Å². The van der Waals surface area contributed by atoms with Crippen molar-refractivity contribution >= 4 is 0 Å². The van der Waals surface area contributed by atoms with Crippen LogP contribution in [0.1, 0.15) is 65.2 Å². The van der Waals surface area contributed by atoms with E-state index in [4.69, 9.17) is 0 Å². The Morgan fingerprint density at radius 1 is 1.25 bits per heavy atom. The van der Waals surface area contributed by atoms with Gasteiger partial charge in [-0.05, 0) is 32.7 Å². The molecule has 96 valence electrons. The summed E-state index contributed by atoms with van der Waals surface area (Å²) in [7, 11) is 0. The van der Waals surface area contributed by atoms with Gasteiger partial charge in [0.2, 0.25) is 0 Å². The molecule has 0 amide bonds. The van der Waals surface area contributed by atoms with Crippen LogP contribution < -0.4 is 10.6 Å². The molecule has 1 rings (SSSR count). The summed E-state index contributed by atoms with van der Waals surface area (Å²) in [6, 6.07) is 1.41. The van der Waals surface area contributed by atoms with Crippen molar-refractivity contribution in [2.45, 2.75) is 77.3 Å². The first kappa shape index (κ1) is 14.0. The van der Waals surface area contributed by atoms with Gasteiger partial charge in [-0.1, -0.05) is 39.0 Å². The summed E-state index contributed by atoms with van der Waals surface area (Å²) in [5.41, 5.74) is 0. The van der Waals surface area contributed by atoms with Crippen LogP contribution in [0.3, 0.4) is 0 Å². The highest BCUT2D eigenvalue weighted by atomic mass is 15.0. The Morgan fingerprint density at radius 3 is 2.94 bits per heavy atom. The van der Waals surface area contributed by atoms with Crippen LogP contribution in [0.5, 0.6) is 0 Å². The fourth-order valence-electron chi connectivity index (χ4n) is 2.42. The number of rotatable bonds is 7. The van der Waals surface area contributed by atoms with E-state index in [9.17, 15) is 0 Å². The van der Waals surface area contributed by atoms with Crippen LogP contribution in [0.25, 0.3) is 0 Å². The van der Waals surface area contributed by atoms with Gasteiger partial charge in [0.25, 0.3) is 0 Å². The predicted octanol–water partition coefficient (Wildman–Crippen LogP) is 3.08. The lowest BCUT2D eigenvalue weighted by Gasteiger charge is -2.20. The molecule has 0 aromatic heterocycles. The number of nitrogens with one attached hydrogen (secondary N) is 2. The van der Waals surface area contributed by atoms with Crippen LogP contribution in [-0.2, 0) is 0 Å². The monoisotopic (exact) mass is 226 g/mol. The Labute approximate surface area is 102 Å². The molecule has 1 aliphatic rings. The van der Waals surface area contributed by atoms with Crippen molar-refractivity contribution < 1.29 is 0 Å². The maximum absolute atomic E-state index is 3.68. The molecule has 2 N–H and O–H groups in total. The van der Waals surface area contributed by atoms with Crippen molar-refractivity contribution in [3.63, 3.8) is 0 Å². The van der Waals surface area contributed by atoms with Crippen molar-refractivity contribution in [3.8, 4) is 0 Å². The summed E-state index contributed by atoms with van der Waals surface area (Å²) in [5.74, 6) is 0. The van der Waals surface area contributed by atoms with E-state index < -0.39 is 0 Å². The maximum Gasteiger partial charge on any atom is 0.0192 e. The summed E-state index contributed by atoms with van der Waals surface area (Å²) in [6.07, 6.45) is 11.0. The first-order chi connectivity index (χ1) is 7.83. The van der Waals surface area contributed by atoms with E-state index in [0.29, 0.717) is 6.04 Å². The minimum absolute atomic E-state index is 0.691. The van der Waals surface area contributed by atoms with Gasteiger partial charge in [-0.15, -0.1) is 0 Å². The van der Waals surface area contributed by atoms with Gasteiger partial charge in [0.15, 0.2) is 0 Å². The van der Waals surface area contributed by atoms with Crippen molar-refractivity contribution in [2.24, 2.45) is 0 Å². The zero-order valence-electron chi connectivity index (χ0n) is 11.2. The molecular formula is C14H30N2. The third-order valence-electron chi connectivity index (χ3n) is 3.62. The third-order valence-corrected chi connectivity index (χ3v) is 3.62. The first-order valence-electron chi connectivity index (χ1n) is 7.29. The van der Waals surface area contributed by atoms with Gasteiger partial charge >= 0.3 is 0 Å². The van der Waals surface area contributed by atoms with Crippen LogP contribution in [-0.4, -0.2) is 25.2 Å². The minimum Gasteiger partial charge on any atom is -0.313 e. The summed E-state index contributed by atoms with van der Waals surface area (Å²) < 4.78 is 0. The largest absolute Gasteiger partial charge is 0.313 e. The maximum atomic E-state index is 3.68. The van der Waals surface area contributed by atoms with Gasteiger partial charge in [0.1, 0.15) is 0 Å². The fraction of sp³-hybridized carbons (Fsp3) is 1.00. The van der Waals surface area contributed by atoms with Gasteiger partial charge < -0.3 is 10.6 Å². The lowest BCUT2D eigenvalue weighted by atomic mass is 10.1. The van der Waals surface area contributed by atoms with Crippen LogP contribution >= 0.6 is 0 Å². The summed E-state index contributed by atoms with van der Waals surface area (Å²) in [4.78, 5) is 0. The summed E-state index contributed by atoms with van der Waals surface area (Å²) >= 11 is 0. The van der Waals surface area contributed by atoms with Crippen molar-refractivity contribution in [3.05, 3.63) is 0 Å². The molecule has 2 atom stereocenters. The molecule has 0 spiro atoms.